The molecule has 0 amide bonds. The molecule has 0 bridgehead atoms. The van der Waals surface area contributed by atoms with Crippen molar-refractivity contribution in [1.29, 1.82) is 0 Å². The first kappa shape index (κ1) is 17.3. The van der Waals surface area contributed by atoms with Crippen molar-refractivity contribution < 1.29 is 17.9 Å². The summed E-state index contributed by atoms with van der Waals surface area (Å²) >= 11 is 3.08. The molecule has 0 fully saturated rings. The van der Waals surface area contributed by atoms with Crippen molar-refractivity contribution in [3.8, 4) is 5.75 Å². The summed E-state index contributed by atoms with van der Waals surface area (Å²) in [6.07, 6.45) is -4.68. The van der Waals surface area contributed by atoms with Gasteiger partial charge < -0.3 is 15.0 Å². The Bertz CT molecular complexity index is 438. The van der Waals surface area contributed by atoms with Crippen LogP contribution in [0.4, 0.5) is 13.2 Å². The summed E-state index contributed by atoms with van der Waals surface area (Å²) in [5.41, 5.74) is 0.886. The predicted molar refractivity (Wildman–Crippen MR) is 75.7 cm³/mol. The van der Waals surface area contributed by atoms with E-state index in [0.717, 1.165) is 12.1 Å². The zero-order chi connectivity index (χ0) is 15.3. The third kappa shape index (κ3) is 6.11. The van der Waals surface area contributed by atoms with E-state index in [1.54, 1.807) is 12.1 Å². The predicted octanol–water partition coefficient (Wildman–Crippen LogP) is 3.39. The summed E-state index contributed by atoms with van der Waals surface area (Å²) in [5.74, 6) is -0.233. The summed E-state index contributed by atoms with van der Waals surface area (Å²) in [7, 11) is 3.98. The van der Waals surface area contributed by atoms with Crippen LogP contribution >= 0.6 is 15.9 Å². The quantitative estimate of drug-likeness (QED) is 0.847. The first-order chi connectivity index (χ1) is 9.19. The molecule has 1 unspecified atom stereocenters. The Morgan fingerprint density at radius 1 is 1.35 bits per heavy atom. The lowest BCUT2D eigenvalue weighted by molar-refractivity contribution is -0.274. The topological polar surface area (TPSA) is 24.5 Å². The van der Waals surface area contributed by atoms with E-state index in [4.69, 9.17) is 0 Å². The average molecular weight is 355 g/mol. The summed E-state index contributed by atoms with van der Waals surface area (Å²) in [5, 5.41) is 3.25. The maximum absolute atomic E-state index is 12.1. The maximum atomic E-state index is 12.1. The van der Waals surface area contributed by atoms with E-state index < -0.39 is 6.36 Å². The average Bonchev–Trinajstić information content (AvgIpc) is 2.30. The molecule has 1 atom stereocenters. The van der Waals surface area contributed by atoms with Gasteiger partial charge >= 0.3 is 6.36 Å². The molecule has 0 heterocycles. The molecule has 0 aliphatic heterocycles. The minimum atomic E-state index is -4.68. The van der Waals surface area contributed by atoms with Crippen LogP contribution in [0.25, 0.3) is 0 Å². The number of ether oxygens (including phenoxy) is 1. The molecule has 1 aromatic carbocycles. The van der Waals surface area contributed by atoms with Gasteiger partial charge in [0.1, 0.15) is 5.75 Å². The van der Waals surface area contributed by atoms with Crippen molar-refractivity contribution in [2.24, 2.45) is 0 Å². The number of rotatable bonds is 6. The number of hydrogen-bond donors (Lipinski definition) is 1. The van der Waals surface area contributed by atoms with E-state index in [0.29, 0.717) is 12.6 Å². The molecule has 1 N–H and O–H groups in total. The molecule has 0 saturated heterocycles. The van der Waals surface area contributed by atoms with E-state index in [9.17, 15) is 13.2 Å². The number of nitrogens with zero attached hydrogens (tertiary/aromatic N) is 1. The Morgan fingerprint density at radius 2 is 2.00 bits per heavy atom. The largest absolute Gasteiger partial charge is 0.573 e. The highest BCUT2D eigenvalue weighted by Gasteiger charge is 2.31. The molecule has 0 aliphatic carbocycles. The van der Waals surface area contributed by atoms with Crippen molar-refractivity contribution in [1.82, 2.24) is 10.2 Å². The molecule has 1 aromatic rings. The molecular weight excluding hydrogens is 337 g/mol. The van der Waals surface area contributed by atoms with Gasteiger partial charge in [-0.1, -0.05) is 6.07 Å². The first-order valence-electron chi connectivity index (χ1n) is 6.10. The van der Waals surface area contributed by atoms with E-state index in [1.807, 2.05) is 14.1 Å². The Kier molecular flexibility index (Phi) is 6.29. The fraction of sp³-hybridized carbons (Fsp3) is 0.538. The minimum Gasteiger partial charge on any atom is -0.405 e. The van der Waals surface area contributed by atoms with Crippen molar-refractivity contribution in [3.05, 3.63) is 28.2 Å². The van der Waals surface area contributed by atoms with Crippen LogP contribution in [-0.2, 0) is 6.54 Å². The van der Waals surface area contributed by atoms with Gasteiger partial charge in [-0.25, -0.2) is 0 Å². The second-order valence-corrected chi connectivity index (χ2v) is 5.61. The van der Waals surface area contributed by atoms with Crippen LogP contribution in [0, 0.1) is 0 Å². The Morgan fingerprint density at radius 3 is 2.50 bits per heavy atom. The maximum Gasteiger partial charge on any atom is 0.573 e. The molecule has 0 radical (unpaired) electrons. The number of nitrogens with one attached hydrogen (secondary N) is 1. The lowest BCUT2D eigenvalue weighted by Gasteiger charge is -2.20. The lowest BCUT2D eigenvalue weighted by Crippen LogP contribution is -2.35. The normalized spacial score (nSPS) is 13.6. The van der Waals surface area contributed by atoms with E-state index >= 15 is 0 Å². The lowest BCUT2D eigenvalue weighted by atomic mass is 10.2. The number of halogens is 4. The molecule has 0 aliphatic rings. The third-order valence-electron chi connectivity index (χ3n) is 2.87. The zero-order valence-corrected chi connectivity index (χ0v) is 13.2. The van der Waals surface area contributed by atoms with Crippen LogP contribution < -0.4 is 10.1 Å². The molecule has 3 nitrogen and oxygen atoms in total. The number of alkyl halides is 3. The Hall–Kier alpha value is -0.790. The molecule has 7 heteroatoms. The number of likely N-dealkylation sites (N-methyl/N-ethyl adjacent to an activating group) is 1. The minimum absolute atomic E-state index is 0.233. The van der Waals surface area contributed by atoms with Gasteiger partial charge in [-0.05, 0) is 54.6 Å². The molecule has 0 aromatic heterocycles. The van der Waals surface area contributed by atoms with Crippen LogP contribution in [0.3, 0.4) is 0 Å². The zero-order valence-electron chi connectivity index (χ0n) is 11.6. The molecule has 114 valence electrons. The summed E-state index contributed by atoms with van der Waals surface area (Å²) in [6.45, 7) is 3.47. The van der Waals surface area contributed by atoms with Crippen LogP contribution in [-0.4, -0.2) is 37.9 Å². The van der Waals surface area contributed by atoms with Crippen LogP contribution in [0.5, 0.6) is 5.75 Å². The van der Waals surface area contributed by atoms with Gasteiger partial charge in [-0.15, -0.1) is 13.2 Å². The molecule has 1 rings (SSSR count). The van der Waals surface area contributed by atoms with Crippen LogP contribution in [0.15, 0.2) is 22.7 Å². The SMILES string of the molecule is CC(CNCc1ccc(OC(F)(F)F)c(Br)c1)N(C)C. The second-order valence-electron chi connectivity index (χ2n) is 4.76. The fourth-order valence-electron chi connectivity index (χ4n) is 1.47. The van der Waals surface area contributed by atoms with Crippen LogP contribution in [0.1, 0.15) is 12.5 Å². The second kappa shape index (κ2) is 7.28. The smallest absolute Gasteiger partial charge is 0.405 e. The van der Waals surface area contributed by atoms with Gasteiger partial charge in [0.15, 0.2) is 0 Å². The van der Waals surface area contributed by atoms with E-state index in [-0.39, 0.29) is 10.2 Å². The highest BCUT2D eigenvalue weighted by molar-refractivity contribution is 9.10. The summed E-state index contributed by atoms with van der Waals surface area (Å²) in [4.78, 5) is 2.09. The van der Waals surface area contributed by atoms with Crippen LogP contribution in [0.2, 0.25) is 0 Å². The Balaban J connectivity index is 2.55. The Labute approximate surface area is 125 Å². The highest BCUT2D eigenvalue weighted by Crippen LogP contribution is 2.30. The van der Waals surface area contributed by atoms with Crippen molar-refractivity contribution >= 4 is 15.9 Å². The van der Waals surface area contributed by atoms with Gasteiger partial charge in [-0.2, -0.15) is 0 Å². The van der Waals surface area contributed by atoms with E-state index in [1.165, 1.54) is 6.07 Å². The molecular formula is C13H18BrF3N2O. The number of hydrogen-bond acceptors (Lipinski definition) is 3. The number of benzene rings is 1. The van der Waals surface area contributed by atoms with Gasteiger partial charge in [0.25, 0.3) is 0 Å². The standard InChI is InChI=1S/C13H18BrF3N2O/c1-9(19(2)3)7-18-8-10-4-5-12(11(14)6-10)20-13(15,16)17/h4-6,9,18H,7-8H2,1-3H3. The van der Waals surface area contributed by atoms with Crippen molar-refractivity contribution in [2.45, 2.75) is 25.9 Å². The summed E-state index contributed by atoms with van der Waals surface area (Å²) < 4.78 is 40.6. The fourth-order valence-corrected chi connectivity index (χ4v) is 1.98. The van der Waals surface area contributed by atoms with Gasteiger partial charge in [-0.3, -0.25) is 0 Å². The van der Waals surface area contributed by atoms with Crippen molar-refractivity contribution in [3.63, 3.8) is 0 Å². The molecule has 0 saturated carbocycles. The van der Waals surface area contributed by atoms with Gasteiger partial charge in [0.05, 0.1) is 4.47 Å². The van der Waals surface area contributed by atoms with Gasteiger partial charge in [0, 0.05) is 19.1 Å². The monoisotopic (exact) mass is 354 g/mol. The third-order valence-corrected chi connectivity index (χ3v) is 3.49. The molecule has 0 spiro atoms. The van der Waals surface area contributed by atoms with E-state index in [2.05, 4.69) is 37.8 Å². The first-order valence-corrected chi connectivity index (χ1v) is 6.89. The van der Waals surface area contributed by atoms with Gasteiger partial charge in [0.2, 0.25) is 0 Å². The highest BCUT2D eigenvalue weighted by atomic mass is 79.9. The molecule has 20 heavy (non-hydrogen) atoms. The summed E-state index contributed by atoms with van der Waals surface area (Å²) in [6, 6.07) is 4.92. The van der Waals surface area contributed by atoms with Crippen molar-refractivity contribution in [2.75, 3.05) is 20.6 Å².